The molecule has 0 unspecified atom stereocenters. The fourth-order valence-electron chi connectivity index (χ4n) is 2.51. The normalized spacial score (nSPS) is 10.2. The highest BCUT2D eigenvalue weighted by Crippen LogP contribution is 2.26. The number of esters is 1. The van der Waals surface area contributed by atoms with E-state index in [0.29, 0.717) is 27.7 Å². The summed E-state index contributed by atoms with van der Waals surface area (Å²) in [6.45, 7) is 1.92. The van der Waals surface area contributed by atoms with Crippen LogP contribution in [0.15, 0.2) is 60.8 Å². The molecule has 1 aromatic heterocycles. The van der Waals surface area contributed by atoms with Crippen LogP contribution in [0.5, 0.6) is 0 Å². The molecule has 142 valence electrons. The second-order valence-corrected chi connectivity index (χ2v) is 6.42. The van der Waals surface area contributed by atoms with Crippen LogP contribution in [0.4, 0.5) is 17.2 Å². The van der Waals surface area contributed by atoms with Gasteiger partial charge in [0.1, 0.15) is 5.82 Å². The molecular weight excluding hydrogens is 378 g/mol. The number of ether oxygens (including phenoxy) is 1. The zero-order valence-electron chi connectivity index (χ0n) is 15.3. The molecule has 28 heavy (non-hydrogen) atoms. The summed E-state index contributed by atoms with van der Waals surface area (Å²) in [5.41, 5.74) is 3.02. The number of carbonyl (C=O) groups excluding carboxylic acids is 2. The predicted molar refractivity (Wildman–Crippen MR) is 109 cm³/mol. The van der Waals surface area contributed by atoms with Gasteiger partial charge < -0.3 is 15.4 Å². The van der Waals surface area contributed by atoms with E-state index < -0.39 is 5.97 Å². The zero-order valence-corrected chi connectivity index (χ0v) is 16.1. The van der Waals surface area contributed by atoms with Crippen LogP contribution < -0.4 is 10.6 Å². The number of rotatable bonds is 5. The number of halogens is 1. The van der Waals surface area contributed by atoms with Crippen LogP contribution in [-0.4, -0.2) is 24.0 Å². The number of hydrogen-bond acceptors (Lipinski definition) is 5. The van der Waals surface area contributed by atoms with E-state index in [2.05, 4.69) is 15.6 Å². The van der Waals surface area contributed by atoms with Gasteiger partial charge in [-0.25, -0.2) is 9.78 Å². The van der Waals surface area contributed by atoms with Crippen molar-refractivity contribution in [2.75, 3.05) is 17.7 Å². The lowest BCUT2D eigenvalue weighted by Gasteiger charge is -2.11. The van der Waals surface area contributed by atoms with Crippen LogP contribution in [-0.2, 0) is 4.74 Å². The Labute approximate surface area is 167 Å². The van der Waals surface area contributed by atoms with Crippen molar-refractivity contribution in [3.05, 3.63) is 82.5 Å². The third kappa shape index (κ3) is 4.47. The molecule has 3 aromatic rings. The van der Waals surface area contributed by atoms with Crippen LogP contribution in [0.3, 0.4) is 0 Å². The molecule has 0 aliphatic rings. The minimum Gasteiger partial charge on any atom is -0.465 e. The standard InChI is InChI=1S/C21H18ClN3O3/c1-13-5-3-4-6-17(13)25-20(26)15-8-10-19(23-12-15)24-18-11-14(21(27)28-2)7-9-16(18)22/h3-12H,1-2H3,(H,23,24)(H,25,26). The van der Waals surface area contributed by atoms with Crippen LogP contribution in [0.2, 0.25) is 5.02 Å². The van der Waals surface area contributed by atoms with Crippen molar-refractivity contribution >= 4 is 40.7 Å². The van der Waals surface area contributed by atoms with Gasteiger partial charge in [-0.05, 0) is 48.9 Å². The molecule has 0 atom stereocenters. The van der Waals surface area contributed by atoms with Crippen LogP contribution in [0, 0.1) is 6.92 Å². The van der Waals surface area contributed by atoms with E-state index >= 15 is 0 Å². The predicted octanol–water partition coefficient (Wildman–Crippen LogP) is 4.83. The highest BCUT2D eigenvalue weighted by atomic mass is 35.5. The van der Waals surface area contributed by atoms with Gasteiger partial charge in [0, 0.05) is 11.9 Å². The fourth-order valence-corrected chi connectivity index (χ4v) is 2.68. The Kier molecular flexibility index (Phi) is 5.91. The Bertz CT molecular complexity index is 1020. The van der Waals surface area contributed by atoms with E-state index in [4.69, 9.17) is 16.3 Å². The monoisotopic (exact) mass is 395 g/mol. The smallest absolute Gasteiger partial charge is 0.337 e. The van der Waals surface area contributed by atoms with Crippen LogP contribution in [0.1, 0.15) is 26.3 Å². The summed E-state index contributed by atoms with van der Waals surface area (Å²) in [5.74, 6) is -0.230. The number of benzene rings is 2. The third-order valence-electron chi connectivity index (χ3n) is 4.07. The van der Waals surface area contributed by atoms with Gasteiger partial charge in [-0.3, -0.25) is 4.79 Å². The van der Waals surface area contributed by atoms with E-state index in [1.165, 1.54) is 13.3 Å². The number of methoxy groups -OCH3 is 1. The molecule has 2 aromatic carbocycles. The lowest BCUT2D eigenvalue weighted by atomic mass is 10.2. The SMILES string of the molecule is COC(=O)c1ccc(Cl)c(Nc2ccc(C(=O)Nc3ccccc3C)cn2)c1. The number of amides is 1. The first-order valence-electron chi connectivity index (χ1n) is 8.46. The maximum absolute atomic E-state index is 12.4. The van der Waals surface area contributed by atoms with Crippen molar-refractivity contribution in [3.8, 4) is 0 Å². The Hall–Kier alpha value is -3.38. The summed E-state index contributed by atoms with van der Waals surface area (Å²) in [7, 11) is 1.31. The molecule has 7 heteroatoms. The summed E-state index contributed by atoms with van der Waals surface area (Å²) < 4.78 is 4.71. The molecule has 3 rings (SSSR count). The number of aryl methyl sites for hydroxylation is 1. The Morgan fingerprint density at radius 2 is 1.75 bits per heavy atom. The largest absolute Gasteiger partial charge is 0.465 e. The number of nitrogens with zero attached hydrogens (tertiary/aromatic N) is 1. The summed E-state index contributed by atoms with van der Waals surface area (Å²) in [4.78, 5) is 28.3. The van der Waals surface area contributed by atoms with E-state index in [0.717, 1.165) is 11.3 Å². The summed E-state index contributed by atoms with van der Waals surface area (Å²) in [5, 5.41) is 6.32. The first-order valence-corrected chi connectivity index (χ1v) is 8.83. The number of aromatic nitrogens is 1. The van der Waals surface area contributed by atoms with E-state index in [1.54, 1.807) is 30.3 Å². The van der Waals surface area contributed by atoms with Gasteiger partial charge in [0.25, 0.3) is 5.91 Å². The average molecular weight is 396 g/mol. The molecule has 0 aliphatic heterocycles. The molecule has 0 fully saturated rings. The Balaban J connectivity index is 1.74. The van der Waals surface area contributed by atoms with Crippen molar-refractivity contribution < 1.29 is 14.3 Å². The Morgan fingerprint density at radius 1 is 1.00 bits per heavy atom. The molecule has 1 heterocycles. The number of para-hydroxylation sites is 1. The first kappa shape index (κ1) is 19.4. The van der Waals surface area contributed by atoms with Crippen LogP contribution in [0.25, 0.3) is 0 Å². The fraction of sp³-hybridized carbons (Fsp3) is 0.0952. The lowest BCUT2D eigenvalue weighted by Crippen LogP contribution is -2.13. The van der Waals surface area contributed by atoms with Gasteiger partial charge in [-0.1, -0.05) is 29.8 Å². The lowest BCUT2D eigenvalue weighted by molar-refractivity contribution is 0.0600. The molecule has 2 N–H and O–H groups in total. The van der Waals surface area contributed by atoms with Gasteiger partial charge in [0.05, 0.1) is 28.9 Å². The average Bonchev–Trinajstić information content (AvgIpc) is 2.71. The maximum atomic E-state index is 12.4. The van der Waals surface area contributed by atoms with E-state index in [1.807, 2.05) is 31.2 Å². The molecule has 0 saturated heterocycles. The molecular formula is C21H18ClN3O3. The van der Waals surface area contributed by atoms with Crippen LogP contribution >= 0.6 is 11.6 Å². The molecule has 0 radical (unpaired) electrons. The summed E-state index contributed by atoms with van der Waals surface area (Å²) in [6, 6.07) is 15.6. The topological polar surface area (TPSA) is 80.3 Å². The first-order chi connectivity index (χ1) is 13.5. The van der Waals surface area contributed by atoms with Gasteiger partial charge in [0.2, 0.25) is 0 Å². The van der Waals surface area contributed by atoms with Crippen molar-refractivity contribution in [1.82, 2.24) is 4.98 Å². The second-order valence-electron chi connectivity index (χ2n) is 6.01. The minimum absolute atomic E-state index is 0.251. The molecule has 0 spiro atoms. The number of carbonyl (C=O) groups is 2. The number of pyridine rings is 1. The third-order valence-corrected chi connectivity index (χ3v) is 4.40. The van der Waals surface area contributed by atoms with Gasteiger partial charge in [-0.15, -0.1) is 0 Å². The van der Waals surface area contributed by atoms with Crippen molar-refractivity contribution in [1.29, 1.82) is 0 Å². The van der Waals surface area contributed by atoms with Gasteiger partial charge in [0.15, 0.2) is 0 Å². The van der Waals surface area contributed by atoms with E-state index in [-0.39, 0.29) is 5.91 Å². The highest BCUT2D eigenvalue weighted by Gasteiger charge is 2.11. The molecule has 0 saturated carbocycles. The van der Waals surface area contributed by atoms with Crippen molar-refractivity contribution in [2.45, 2.75) is 6.92 Å². The second kappa shape index (κ2) is 8.54. The highest BCUT2D eigenvalue weighted by molar-refractivity contribution is 6.33. The summed E-state index contributed by atoms with van der Waals surface area (Å²) >= 11 is 6.17. The van der Waals surface area contributed by atoms with Crippen molar-refractivity contribution in [2.24, 2.45) is 0 Å². The minimum atomic E-state index is -0.462. The number of anilines is 3. The quantitative estimate of drug-likeness (QED) is 0.605. The maximum Gasteiger partial charge on any atom is 0.337 e. The molecule has 6 nitrogen and oxygen atoms in total. The zero-order chi connectivity index (χ0) is 20.1. The van der Waals surface area contributed by atoms with Gasteiger partial charge in [-0.2, -0.15) is 0 Å². The molecule has 1 amide bonds. The Morgan fingerprint density at radius 3 is 2.43 bits per heavy atom. The summed E-state index contributed by atoms with van der Waals surface area (Å²) in [6.07, 6.45) is 1.47. The molecule has 0 bridgehead atoms. The number of hydrogen-bond donors (Lipinski definition) is 2. The van der Waals surface area contributed by atoms with Gasteiger partial charge >= 0.3 is 5.97 Å². The van der Waals surface area contributed by atoms with E-state index in [9.17, 15) is 9.59 Å². The van der Waals surface area contributed by atoms with Crippen molar-refractivity contribution in [3.63, 3.8) is 0 Å². The molecule has 0 aliphatic carbocycles. The number of nitrogens with one attached hydrogen (secondary N) is 2.